The van der Waals surface area contributed by atoms with Gasteiger partial charge in [0.05, 0.1) is 7.11 Å². The van der Waals surface area contributed by atoms with E-state index in [9.17, 15) is 18.0 Å². The molecule has 0 atom stereocenters. The van der Waals surface area contributed by atoms with Crippen LogP contribution in [0.2, 0.25) is 0 Å². The first-order chi connectivity index (χ1) is 13.3. The molecule has 0 radical (unpaired) electrons. The minimum Gasteiger partial charge on any atom is -0.497 e. The summed E-state index contributed by atoms with van der Waals surface area (Å²) in [5, 5.41) is 2.69. The first-order valence-electron chi connectivity index (χ1n) is 8.65. The molecule has 28 heavy (non-hydrogen) atoms. The molecule has 2 amide bonds. The van der Waals surface area contributed by atoms with Crippen LogP contribution in [0.3, 0.4) is 0 Å². The van der Waals surface area contributed by atoms with Crippen molar-refractivity contribution in [2.75, 3.05) is 43.5 Å². The summed E-state index contributed by atoms with van der Waals surface area (Å²) in [7, 11) is 1.61. The molecule has 0 saturated carbocycles. The molecule has 0 aromatic heterocycles. The predicted molar refractivity (Wildman–Crippen MR) is 98.9 cm³/mol. The van der Waals surface area contributed by atoms with Gasteiger partial charge in [0.2, 0.25) is 0 Å². The maximum Gasteiger partial charge on any atom is 0.573 e. The maximum absolute atomic E-state index is 12.4. The van der Waals surface area contributed by atoms with Crippen molar-refractivity contribution in [1.82, 2.24) is 4.90 Å². The van der Waals surface area contributed by atoms with E-state index in [1.165, 1.54) is 12.1 Å². The molecule has 9 heteroatoms. The number of carbonyl (C=O) groups is 1. The lowest BCUT2D eigenvalue weighted by molar-refractivity contribution is -0.274. The Bertz CT molecular complexity index is 787. The van der Waals surface area contributed by atoms with Gasteiger partial charge in [0.1, 0.15) is 11.5 Å². The van der Waals surface area contributed by atoms with E-state index >= 15 is 0 Å². The molecule has 150 valence electrons. The number of piperazine rings is 1. The number of rotatable bonds is 4. The highest BCUT2D eigenvalue weighted by Crippen LogP contribution is 2.24. The first kappa shape index (κ1) is 19.7. The third-order valence-electron chi connectivity index (χ3n) is 4.34. The molecule has 1 saturated heterocycles. The lowest BCUT2D eigenvalue weighted by Crippen LogP contribution is -2.50. The van der Waals surface area contributed by atoms with Crippen LogP contribution in [0.5, 0.6) is 11.5 Å². The van der Waals surface area contributed by atoms with Crippen LogP contribution in [0.4, 0.5) is 29.3 Å². The lowest BCUT2D eigenvalue weighted by Gasteiger charge is -2.36. The third kappa shape index (κ3) is 5.21. The average Bonchev–Trinajstić information content (AvgIpc) is 2.68. The zero-order valence-electron chi connectivity index (χ0n) is 15.2. The summed E-state index contributed by atoms with van der Waals surface area (Å²) in [4.78, 5) is 16.2. The summed E-state index contributed by atoms with van der Waals surface area (Å²) >= 11 is 0. The number of nitrogens with zero attached hydrogens (tertiary/aromatic N) is 2. The Kier molecular flexibility index (Phi) is 5.81. The van der Waals surface area contributed by atoms with Crippen molar-refractivity contribution in [2.24, 2.45) is 0 Å². The van der Waals surface area contributed by atoms with E-state index in [1.54, 1.807) is 12.0 Å². The third-order valence-corrected chi connectivity index (χ3v) is 4.34. The zero-order valence-corrected chi connectivity index (χ0v) is 15.2. The van der Waals surface area contributed by atoms with E-state index in [-0.39, 0.29) is 11.8 Å². The van der Waals surface area contributed by atoms with Gasteiger partial charge in [-0.3, -0.25) is 0 Å². The Morgan fingerprint density at radius 1 is 0.929 bits per heavy atom. The number of alkyl halides is 3. The minimum absolute atomic E-state index is 0.293. The van der Waals surface area contributed by atoms with Crippen molar-refractivity contribution in [3.05, 3.63) is 48.5 Å². The summed E-state index contributed by atoms with van der Waals surface area (Å²) in [6.07, 6.45) is -4.74. The molecule has 1 aliphatic heterocycles. The fraction of sp³-hybridized carbons (Fsp3) is 0.316. The minimum atomic E-state index is -4.74. The van der Waals surface area contributed by atoms with E-state index < -0.39 is 6.36 Å². The van der Waals surface area contributed by atoms with E-state index in [2.05, 4.69) is 15.0 Å². The van der Waals surface area contributed by atoms with Crippen molar-refractivity contribution < 1.29 is 27.4 Å². The summed E-state index contributed by atoms with van der Waals surface area (Å²) < 4.78 is 45.5. The average molecular weight is 395 g/mol. The monoisotopic (exact) mass is 395 g/mol. The van der Waals surface area contributed by atoms with Gasteiger partial charge in [-0.25, -0.2) is 4.79 Å². The van der Waals surface area contributed by atoms with Gasteiger partial charge in [0.15, 0.2) is 0 Å². The van der Waals surface area contributed by atoms with Gasteiger partial charge in [-0.1, -0.05) is 0 Å². The topological polar surface area (TPSA) is 54.0 Å². The van der Waals surface area contributed by atoms with Gasteiger partial charge in [0, 0.05) is 37.6 Å². The molecule has 1 fully saturated rings. The van der Waals surface area contributed by atoms with Crippen LogP contribution in [0.25, 0.3) is 0 Å². The second-order valence-electron chi connectivity index (χ2n) is 6.17. The largest absolute Gasteiger partial charge is 0.573 e. The first-order valence-corrected chi connectivity index (χ1v) is 8.65. The molecule has 2 aromatic rings. The van der Waals surface area contributed by atoms with Crippen LogP contribution in [0.1, 0.15) is 0 Å². The Hall–Kier alpha value is -3.10. The quantitative estimate of drug-likeness (QED) is 0.852. The number of carbonyl (C=O) groups excluding carboxylic acids is 1. The van der Waals surface area contributed by atoms with E-state index in [0.29, 0.717) is 31.9 Å². The van der Waals surface area contributed by atoms with Gasteiger partial charge >= 0.3 is 12.4 Å². The fourth-order valence-corrected chi connectivity index (χ4v) is 2.90. The van der Waals surface area contributed by atoms with Crippen LogP contribution in [-0.4, -0.2) is 50.6 Å². The van der Waals surface area contributed by atoms with Crippen LogP contribution in [0.15, 0.2) is 48.5 Å². The number of halogens is 3. The molecule has 0 unspecified atom stereocenters. The Morgan fingerprint density at radius 2 is 1.50 bits per heavy atom. The van der Waals surface area contributed by atoms with Gasteiger partial charge in [-0.15, -0.1) is 13.2 Å². The molecular formula is C19H20F3N3O3. The fourth-order valence-electron chi connectivity index (χ4n) is 2.90. The predicted octanol–water partition coefficient (Wildman–Crippen LogP) is 3.95. The number of methoxy groups -OCH3 is 1. The second-order valence-corrected chi connectivity index (χ2v) is 6.17. The molecule has 1 aliphatic rings. The molecule has 2 aromatic carbocycles. The molecule has 1 heterocycles. The van der Waals surface area contributed by atoms with Crippen LogP contribution >= 0.6 is 0 Å². The van der Waals surface area contributed by atoms with Crippen molar-refractivity contribution >= 4 is 17.4 Å². The van der Waals surface area contributed by atoms with E-state index in [4.69, 9.17) is 4.74 Å². The number of hydrogen-bond donors (Lipinski definition) is 1. The number of amides is 2. The number of anilines is 2. The van der Waals surface area contributed by atoms with Crippen LogP contribution in [-0.2, 0) is 0 Å². The smallest absolute Gasteiger partial charge is 0.497 e. The van der Waals surface area contributed by atoms with Crippen molar-refractivity contribution in [3.63, 3.8) is 0 Å². The van der Waals surface area contributed by atoms with Crippen molar-refractivity contribution in [3.8, 4) is 11.5 Å². The normalized spacial score (nSPS) is 14.6. The van der Waals surface area contributed by atoms with Gasteiger partial charge in [-0.05, 0) is 48.5 Å². The van der Waals surface area contributed by atoms with Crippen molar-refractivity contribution in [2.45, 2.75) is 6.36 Å². The Balaban J connectivity index is 1.50. The Labute approximate surface area is 160 Å². The number of nitrogens with one attached hydrogen (secondary N) is 1. The highest BCUT2D eigenvalue weighted by Gasteiger charge is 2.31. The van der Waals surface area contributed by atoms with Crippen LogP contribution in [0, 0.1) is 0 Å². The Morgan fingerprint density at radius 3 is 2.04 bits per heavy atom. The summed E-state index contributed by atoms with van der Waals surface area (Å²) in [6.45, 7) is 2.43. The number of ether oxygens (including phenoxy) is 2. The number of hydrogen-bond acceptors (Lipinski definition) is 4. The van der Waals surface area contributed by atoms with E-state index in [0.717, 1.165) is 23.6 Å². The highest BCUT2D eigenvalue weighted by molar-refractivity contribution is 5.89. The summed E-state index contributed by atoms with van der Waals surface area (Å²) in [6, 6.07) is 12.5. The number of benzene rings is 2. The van der Waals surface area contributed by atoms with Crippen molar-refractivity contribution in [1.29, 1.82) is 0 Å². The second kappa shape index (κ2) is 8.28. The molecule has 6 nitrogen and oxygen atoms in total. The van der Waals surface area contributed by atoms with Crippen LogP contribution < -0.4 is 19.7 Å². The summed E-state index contributed by atoms with van der Waals surface area (Å²) in [5.74, 6) is 0.451. The van der Waals surface area contributed by atoms with Gasteiger partial charge < -0.3 is 24.6 Å². The summed E-state index contributed by atoms with van der Waals surface area (Å²) in [5.41, 5.74) is 1.46. The molecule has 0 spiro atoms. The van der Waals surface area contributed by atoms with Gasteiger partial charge in [-0.2, -0.15) is 0 Å². The number of urea groups is 1. The van der Waals surface area contributed by atoms with Gasteiger partial charge in [0.25, 0.3) is 0 Å². The SMILES string of the molecule is COc1ccc(N2CCN(C(=O)Nc3ccc(OC(F)(F)F)cc3)CC2)cc1. The molecule has 1 N–H and O–H groups in total. The zero-order chi connectivity index (χ0) is 20.1. The molecule has 3 rings (SSSR count). The standard InChI is InChI=1S/C19H20F3N3O3/c1-27-16-8-4-15(5-9-16)24-10-12-25(13-11-24)18(26)23-14-2-6-17(7-3-14)28-19(20,21)22/h2-9H,10-13H2,1H3,(H,23,26). The van der Waals surface area contributed by atoms with E-state index in [1.807, 2.05) is 24.3 Å². The highest BCUT2D eigenvalue weighted by atomic mass is 19.4. The maximum atomic E-state index is 12.4. The molecule has 0 bridgehead atoms. The molecular weight excluding hydrogens is 375 g/mol. The lowest BCUT2D eigenvalue weighted by atomic mass is 10.2. The molecule has 0 aliphatic carbocycles.